The highest BCUT2D eigenvalue weighted by molar-refractivity contribution is 7.86. The van der Waals surface area contributed by atoms with Crippen molar-refractivity contribution in [2.75, 3.05) is 32.0 Å². The molecule has 2 unspecified atom stereocenters. The molecular formula is C13H18N2O3S. The summed E-state index contributed by atoms with van der Waals surface area (Å²) in [5, 5.41) is -0.570. The minimum atomic E-state index is -1.38. The monoisotopic (exact) mass is 282 g/mol. The first-order valence-corrected chi connectivity index (χ1v) is 7.43. The first-order valence-electron chi connectivity index (χ1n) is 6.22. The van der Waals surface area contributed by atoms with Crippen molar-refractivity contribution in [2.45, 2.75) is 17.1 Å². The van der Waals surface area contributed by atoms with E-state index in [1.54, 1.807) is 36.1 Å². The fourth-order valence-corrected chi connectivity index (χ4v) is 3.18. The van der Waals surface area contributed by atoms with Gasteiger partial charge in [0.2, 0.25) is 5.91 Å². The van der Waals surface area contributed by atoms with Crippen LogP contribution in [0.25, 0.3) is 0 Å². The summed E-state index contributed by atoms with van der Waals surface area (Å²) >= 11 is 0. The highest BCUT2D eigenvalue weighted by Crippen LogP contribution is 2.16. The minimum absolute atomic E-state index is 0.0935. The summed E-state index contributed by atoms with van der Waals surface area (Å²) in [7, 11) is -1.38. The SMILES string of the molecule is CC(C(=O)N1CCOCC1)S(=O)c1cccc(N)c1. The molecule has 2 rings (SSSR count). The van der Waals surface area contributed by atoms with E-state index in [0.29, 0.717) is 36.9 Å². The fraction of sp³-hybridized carbons (Fsp3) is 0.462. The van der Waals surface area contributed by atoms with Crippen molar-refractivity contribution in [3.8, 4) is 0 Å². The van der Waals surface area contributed by atoms with E-state index in [2.05, 4.69) is 0 Å². The van der Waals surface area contributed by atoms with Crippen LogP contribution >= 0.6 is 0 Å². The van der Waals surface area contributed by atoms with Gasteiger partial charge in [-0.25, -0.2) is 0 Å². The zero-order chi connectivity index (χ0) is 13.8. The van der Waals surface area contributed by atoms with Crippen LogP contribution < -0.4 is 5.73 Å². The molecule has 1 aliphatic rings. The number of morpholine rings is 1. The molecule has 6 heteroatoms. The molecule has 0 aliphatic carbocycles. The molecule has 0 aromatic heterocycles. The summed E-state index contributed by atoms with van der Waals surface area (Å²) in [6, 6.07) is 6.86. The Hall–Kier alpha value is -1.40. The minimum Gasteiger partial charge on any atom is -0.399 e. The molecule has 2 N–H and O–H groups in total. The lowest BCUT2D eigenvalue weighted by Crippen LogP contribution is -2.45. The Morgan fingerprint density at radius 1 is 1.42 bits per heavy atom. The third-order valence-electron chi connectivity index (χ3n) is 3.08. The number of hydrogen-bond acceptors (Lipinski definition) is 4. The topological polar surface area (TPSA) is 72.6 Å². The summed E-state index contributed by atoms with van der Waals surface area (Å²) in [5.41, 5.74) is 6.22. The van der Waals surface area contributed by atoms with E-state index in [0.717, 1.165) is 0 Å². The molecule has 1 fully saturated rings. The molecular weight excluding hydrogens is 264 g/mol. The van der Waals surface area contributed by atoms with Crippen LogP contribution in [-0.4, -0.2) is 46.6 Å². The van der Waals surface area contributed by atoms with Crippen LogP contribution in [0.1, 0.15) is 6.92 Å². The second kappa shape index (κ2) is 6.16. The number of ether oxygens (including phenoxy) is 1. The van der Waals surface area contributed by atoms with Crippen molar-refractivity contribution in [2.24, 2.45) is 0 Å². The first kappa shape index (κ1) is 14.0. The largest absolute Gasteiger partial charge is 0.399 e. The van der Waals surface area contributed by atoms with E-state index in [4.69, 9.17) is 10.5 Å². The Morgan fingerprint density at radius 2 is 2.11 bits per heavy atom. The number of amides is 1. The molecule has 1 saturated heterocycles. The fourth-order valence-electron chi connectivity index (χ4n) is 1.98. The van der Waals surface area contributed by atoms with Crippen molar-refractivity contribution < 1.29 is 13.7 Å². The predicted octanol–water partition coefficient (Wildman–Crippen LogP) is 0.624. The Bertz CT molecular complexity index is 487. The molecule has 1 aliphatic heterocycles. The summed E-state index contributed by atoms with van der Waals surface area (Å²) in [5.74, 6) is -0.0935. The number of nitrogens with two attached hydrogens (primary N) is 1. The van der Waals surface area contributed by atoms with Gasteiger partial charge in [-0.3, -0.25) is 9.00 Å². The zero-order valence-electron chi connectivity index (χ0n) is 10.9. The van der Waals surface area contributed by atoms with Gasteiger partial charge in [-0.2, -0.15) is 0 Å². The lowest BCUT2D eigenvalue weighted by atomic mass is 10.3. The molecule has 0 saturated carbocycles. The highest BCUT2D eigenvalue weighted by atomic mass is 32.2. The average Bonchev–Trinajstić information content (AvgIpc) is 2.46. The molecule has 1 heterocycles. The standard InChI is InChI=1S/C13H18N2O3S/c1-10(13(16)15-5-7-18-8-6-15)19(17)12-4-2-3-11(14)9-12/h2-4,9-10H,5-8,14H2,1H3. The van der Waals surface area contributed by atoms with Crippen LogP contribution in [0, 0.1) is 0 Å². The molecule has 5 nitrogen and oxygen atoms in total. The van der Waals surface area contributed by atoms with Crippen LogP contribution in [0.4, 0.5) is 5.69 Å². The van der Waals surface area contributed by atoms with Gasteiger partial charge in [-0.1, -0.05) is 6.07 Å². The average molecular weight is 282 g/mol. The number of anilines is 1. The van der Waals surface area contributed by atoms with Crippen LogP contribution in [0.2, 0.25) is 0 Å². The second-order valence-electron chi connectivity index (χ2n) is 4.45. The van der Waals surface area contributed by atoms with Crippen molar-refractivity contribution in [3.05, 3.63) is 24.3 Å². The maximum atomic E-state index is 12.4. The van der Waals surface area contributed by atoms with Crippen molar-refractivity contribution in [1.29, 1.82) is 0 Å². The molecule has 1 aromatic carbocycles. The van der Waals surface area contributed by atoms with Gasteiger partial charge in [0.15, 0.2) is 0 Å². The van der Waals surface area contributed by atoms with E-state index < -0.39 is 16.0 Å². The lowest BCUT2D eigenvalue weighted by molar-refractivity contribution is -0.134. The third-order valence-corrected chi connectivity index (χ3v) is 4.64. The number of hydrogen-bond donors (Lipinski definition) is 1. The van der Waals surface area contributed by atoms with E-state index in [-0.39, 0.29) is 5.91 Å². The molecule has 104 valence electrons. The Balaban J connectivity index is 2.08. The van der Waals surface area contributed by atoms with Crippen molar-refractivity contribution in [1.82, 2.24) is 4.90 Å². The zero-order valence-corrected chi connectivity index (χ0v) is 11.7. The predicted molar refractivity (Wildman–Crippen MR) is 74.1 cm³/mol. The lowest BCUT2D eigenvalue weighted by Gasteiger charge is -2.29. The van der Waals surface area contributed by atoms with Crippen molar-refractivity contribution >= 4 is 22.4 Å². The van der Waals surface area contributed by atoms with Crippen LogP contribution in [-0.2, 0) is 20.3 Å². The molecule has 0 spiro atoms. The van der Waals surface area contributed by atoms with E-state index in [1.807, 2.05) is 0 Å². The molecule has 1 aromatic rings. The van der Waals surface area contributed by atoms with Crippen LogP contribution in [0.3, 0.4) is 0 Å². The Morgan fingerprint density at radius 3 is 2.74 bits per heavy atom. The number of nitrogen functional groups attached to an aromatic ring is 1. The summed E-state index contributed by atoms with van der Waals surface area (Å²) in [6.45, 7) is 3.92. The maximum absolute atomic E-state index is 12.4. The van der Waals surface area contributed by atoms with Gasteiger partial charge in [0, 0.05) is 23.7 Å². The van der Waals surface area contributed by atoms with Gasteiger partial charge in [-0.05, 0) is 25.1 Å². The first-order chi connectivity index (χ1) is 9.09. The van der Waals surface area contributed by atoms with E-state index in [9.17, 15) is 9.00 Å². The maximum Gasteiger partial charge on any atom is 0.238 e. The quantitative estimate of drug-likeness (QED) is 0.825. The number of benzene rings is 1. The van der Waals surface area contributed by atoms with Gasteiger partial charge in [0.25, 0.3) is 0 Å². The summed E-state index contributed by atoms with van der Waals surface area (Å²) in [6.07, 6.45) is 0. The highest BCUT2D eigenvalue weighted by Gasteiger charge is 2.27. The number of carbonyl (C=O) groups is 1. The molecule has 19 heavy (non-hydrogen) atoms. The molecule has 0 bridgehead atoms. The smallest absolute Gasteiger partial charge is 0.238 e. The van der Waals surface area contributed by atoms with Crippen molar-refractivity contribution in [3.63, 3.8) is 0 Å². The second-order valence-corrected chi connectivity index (χ2v) is 6.22. The number of rotatable bonds is 3. The molecule has 1 amide bonds. The Kier molecular flexibility index (Phi) is 4.55. The summed E-state index contributed by atoms with van der Waals surface area (Å²) < 4.78 is 17.6. The normalized spacial score (nSPS) is 18.9. The van der Waals surface area contributed by atoms with Gasteiger partial charge < -0.3 is 15.4 Å². The molecule has 0 radical (unpaired) electrons. The van der Waals surface area contributed by atoms with Gasteiger partial charge in [0.1, 0.15) is 5.25 Å². The van der Waals surface area contributed by atoms with Gasteiger partial charge in [0.05, 0.1) is 24.0 Å². The van der Waals surface area contributed by atoms with Gasteiger partial charge >= 0.3 is 0 Å². The van der Waals surface area contributed by atoms with E-state index in [1.165, 1.54) is 0 Å². The van der Waals surface area contributed by atoms with Crippen LogP contribution in [0.15, 0.2) is 29.2 Å². The summed E-state index contributed by atoms with van der Waals surface area (Å²) in [4.78, 5) is 14.5. The Labute approximate surface area is 115 Å². The third kappa shape index (κ3) is 3.33. The molecule has 2 atom stereocenters. The number of nitrogens with zero attached hydrogens (tertiary/aromatic N) is 1. The number of carbonyl (C=O) groups excluding carboxylic acids is 1. The van der Waals surface area contributed by atoms with Crippen LogP contribution in [0.5, 0.6) is 0 Å². The van der Waals surface area contributed by atoms with Gasteiger partial charge in [-0.15, -0.1) is 0 Å². The van der Waals surface area contributed by atoms with E-state index >= 15 is 0 Å².